The van der Waals surface area contributed by atoms with Gasteiger partial charge in [-0.25, -0.2) is 4.39 Å². The molecule has 0 fully saturated rings. The summed E-state index contributed by atoms with van der Waals surface area (Å²) in [5.41, 5.74) is -4.71. The van der Waals surface area contributed by atoms with Gasteiger partial charge in [0.15, 0.2) is 0 Å². The van der Waals surface area contributed by atoms with Gasteiger partial charge in [-0.1, -0.05) is 0 Å². The van der Waals surface area contributed by atoms with Crippen molar-refractivity contribution in [1.82, 2.24) is 0 Å². The fraction of sp³-hybridized carbons (Fsp3) is 0.143. The first kappa shape index (κ1) is 23.8. The van der Waals surface area contributed by atoms with Gasteiger partial charge in [-0.15, -0.1) is 0 Å². The van der Waals surface area contributed by atoms with Crippen LogP contribution in [0.15, 0.2) is 53.1 Å². The van der Waals surface area contributed by atoms with Crippen LogP contribution in [-0.4, -0.2) is 11.8 Å². The fourth-order valence-electron chi connectivity index (χ4n) is 2.80. The molecule has 0 atom stereocenters. The second-order valence-electron chi connectivity index (χ2n) is 6.79. The number of carbonyl (C=O) groups excluding carboxylic acids is 2. The number of carbonyl (C=O) groups is 2. The van der Waals surface area contributed by atoms with E-state index in [0.717, 1.165) is 18.2 Å². The van der Waals surface area contributed by atoms with Crippen molar-refractivity contribution in [3.05, 3.63) is 82.6 Å². The van der Waals surface area contributed by atoms with E-state index in [1.807, 2.05) is 0 Å². The molecule has 0 aliphatic carbocycles. The maximum absolute atomic E-state index is 14.1. The van der Waals surface area contributed by atoms with Crippen LogP contribution in [0.1, 0.15) is 37.6 Å². The minimum atomic E-state index is -5.13. The number of anilines is 2. The molecular formula is C21H13F7N2O3. The average Bonchev–Trinajstić information content (AvgIpc) is 3.15. The standard InChI is InChI=1S/C21H13F7N2O3/c1-10-15(4-5-33-10)19(32)30-17-9-14(2-3-16(17)22)29-18(31)11-6-12(20(23,24)25)8-13(7-11)21(26,27)28/h2-9H,1H3,(H,29,31)(H,30,32). The zero-order valence-electron chi connectivity index (χ0n) is 16.5. The van der Waals surface area contributed by atoms with Crippen molar-refractivity contribution in [2.45, 2.75) is 19.3 Å². The van der Waals surface area contributed by atoms with Gasteiger partial charge in [0, 0.05) is 11.3 Å². The lowest BCUT2D eigenvalue weighted by molar-refractivity contribution is -0.143. The molecular weight excluding hydrogens is 461 g/mol. The Morgan fingerprint density at radius 3 is 1.94 bits per heavy atom. The van der Waals surface area contributed by atoms with Crippen LogP contribution in [0.5, 0.6) is 0 Å². The van der Waals surface area contributed by atoms with Crippen LogP contribution in [0, 0.1) is 12.7 Å². The number of alkyl halides is 6. The number of amides is 2. The summed E-state index contributed by atoms with van der Waals surface area (Å²) in [5, 5.41) is 4.33. The zero-order chi connectivity index (χ0) is 24.6. The minimum Gasteiger partial charge on any atom is -0.469 e. The molecule has 2 N–H and O–H groups in total. The molecule has 3 rings (SSSR count). The first-order valence-electron chi connectivity index (χ1n) is 9.01. The molecule has 0 aliphatic rings. The van der Waals surface area contributed by atoms with Gasteiger partial charge >= 0.3 is 12.4 Å². The number of hydrogen-bond acceptors (Lipinski definition) is 3. The maximum atomic E-state index is 14.1. The van der Waals surface area contributed by atoms with Gasteiger partial charge in [-0.2, -0.15) is 26.3 Å². The number of rotatable bonds is 4. The third-order valence-electron chi connectivity index (χ3n) is 4.43. The Bertz CT molecular complexity index is 1180. The summed E-state index contributed by atoms with van der Waals surface area (Å²) in [6.07, 6.45) is -9.02. The molecule has 2 aromatic carbocycles. The molecule has 0 saturated heterocycles. The summed E-state index contributed by atoms with van der Waals surface area (Å²) in [5.74, 6) is -2.69. The molecule has 2 amide bonds. The van der Waals surface area contributed by atoms with E-state index >= 15 is 0 Å². The van der Waals surface area contributed by atoms with Gasteiger partial charge in [0.05, 0.1) is 28.6 Å². The van der Waals surface area contributed by atoms with Crippen molar-refractivity contribution in [3.63, 3.8) is 0 Å². The number of aryl methyl sites for hydroxylation is 1. The van der Waals surface area contributed by atoms with Gasteiger partial charge in [-0.3, -0.25) is 9.59 Å². The highest BCUT2D eigenvalue weighted by Gasteiger charge is 2.37. The normalized spacial score (nSPS) is 11.9. The summed E-state index contributed by atoms with van der Waals surface area (Å²) < 4.78 is 97.1. The van der Waals surface area contributed by atoms with Crippen LogP contribution in [0.2, 0.25) is 0 Å². The first-order valence-corrected chi connectivity index (χ1v) is 9.01. The molecule has 33 heavy (non-hydrogen) atoms. The Kier molecular flexibility index (Phi) is 6.21. The van der Waals surface area contributed by atoms with E-state index in [2.05, 4.69) is 10.6 Å². The van der Waals surface area contributed by atoms with Crippen LogP contribution in [-0.2, 0) is 12.4 Å². The van der Waals surface area contributed by atoms with E-state index in [0.29, 0.717) is 0 Å². The minimum absolute atomic E-state index is 0.104. The molecule has 174 valence electrons. The van der Waals surface area contributed by atoms with Crippen LogP contribution in [0.25, 0.3) is 0 Å². The second-order valence-corrected chi connectivity index (χ2v) is 6.79. The largest absolute Gasteiger partial charge is 0.469 e. The van der Waals surface area contributed by atoms with E-state index in [1.54, 1.807) is 0 Å². The quantitative estimate of drug-likeness (QED) is 0.438. The van der Waals surface area contributed by atoms with Crippen molar-refractivity contribution in [1.29, 1.82) is 0 Å². The highest BCUT2D eigenvalue weighted by Crippen LogP contribution is 2.36. The lowest BCUT2D eigenvalue weighted by Crippen LogP contribution is -2.18. The second kappa shape index (κ2) is 8.60. The fourth-order valence-corrected chi connectivity index (χ4v) is 2.80. The van der Waals surface area contributed by atoms with E-state index in [4.69, 9.17) is 4.42 Å². The summed E-state index contributed by atoms with van der Waals surface area (Å²) in [4.78, 5) is 24.6. The molecule has 5 nitrogen and oxygen atoms in total. The molecule has 3 aromatic rings. The Morgan fingerprint density at radius 1 is 0.818 bits per heavy atom. The molecule has 0 saturated carbocycles. The monoisotopic (exact) mass is 474 g/mol. The summed E-state index contributed by atoms with van der Waals surface area (Å²) in [6.45, 7) is 1.49. The van der Waals surface area contributed by atoms with Crippen molar-refractivity contribution in [3.8, 4) is 0 Å². The molecule has 0 radical (unpaired) electrons. The third-order valence-corrected chi connectivity index (χ3v) is 4.43. The SMILES string of the molecule is Cc1occc1C(=O)Nc1cc(NC(=O)c2cc(C(F)(F)F)cc(C(F)(F)F)c2)ccc1F. The van der Waals surface area contributed by atoms with Gasteiger partial charge in [0.25, 0.3) is 11.8 Å². The number of hydrogen-bond donors (Lipinski definition) is 2. The lowest BCUT2D eigenvalue weighted by Gasteiger charge is -2.14. The number of nitrogens with one attached hydrogen (secondary N) is 2. The number of halogens is 7. The van der Waals surface area contributed by atoms with Crippen molar-refractivity contribution < 1.29 is 44.7 Å². The van der Waals surface area contributed by atoms with Crippen molar-refractivity contribution in [2.24, 2.45) is 0 Å². The van der Waals surface area contributed by atoms with E-state index in [-0.39, 0.29) is 35.2 Å². The molecule has 12 heteroatoms. The van der Waals surface area contributed by atoms with Gasteiger partial charge in [0.1, 0.15) is 11.6 Å². The first-order chi connectivity index (χ1) is 15.3. The molecule has 0 bridgehead atoms. The van der Waals surface area contributed by atoms with Crippen LogP contribution in [0.4, 0.5) is 42.1 Å². The lowest BCUT2D eigenvalue weighted by atomic mass is 10.0. The van der Waals surface area contributed by atoms with E-state index in [1.165, 1.54) is 19.3 Å². The van der Waals surface area contributed by atoms with Gasteiger partial charge in [-0.05, 0) is 49.4 Å². The Balaban J connectivity index is 1.88. The zero-order valence-corrected chi connectivity index (χ0v) is 16.5. The van der Waals surface area contributed by atoms with Gasteiger partial charge < -0.3 is 15.1 Å². The van der Waals surface area contributed by atoms with Crippen molar-refractivity contribution in [2.75, 3.05) is 10.6 Å². The molecule has 0 spiro atoms. The maximum Gasteiger partial charge on any atom is 0.416 e. The predicted octanol–water partition coefficient (Wildman–Crippen LogP) is 6.27. The summed E-state index contributed by atoms with van der Waals surface area (Å²) >= 11 is 0. The van der Waals surface area contributed by atoms with Crippen molar-refractivity contribution >= 4 is 23.2 Å². The van der Waals surface area contributed by atoms with Crippen LogP contribution < -0.4 is 10.6 Å². The summed E-state index contributed by atoms with van der Waals surface area (Å²) in [7, 11) is 0. The number of furan rings is 1. The number of benzene rings is 2. The third kappa shape index (κ3) is 5.51. The Morgan fingerprint density at radius 2 is 1.42 bits per heavy atom. The molecule has 0 aliphatic heterocycles. The molecule has 1 aromatic heterocycles. The average molecular weight is 474 g/mol. The Hall–Kier alpha value is -3.83. The Labute approximate surface area is 181 Å². The predicted molar refractivity (Wildman–Crippen MR) is 102 cm³/mol. The van der Waals surface area contributed by atoms with E-state index < -0.39 is 52.4 Å². The summed E-state index contributed by atoms with van der Waals surface area (Å²) in [6, 6.07) is 4.57. The molecule has 0 unspecified atom stereocenters. The topological polar surface area (TPSA) is 71.3 Å². The van der Waals surface area contributed by atoms with Crippen LogP contribution >= 0.6 is 0 Å². The highest BCUT2D eigenvalue weighted by atomic mass is 19.4. The molecule has 1 heterocycles. The van der Waals surface area contributed by atoms with E-state index in [9.17, 15) is 40.3 Å². The smallest absolute Gasteiger partial charge is 0.416 e. The van der Waals surface area contributed by atoms with Crippen LogP contribution in [0.3, 0.4) is 0 Å². The highest BCUT2D eigenvalue weighted by molar-refractivity contribution is 6.07. The van der Waals surface area contributed by atoms with Gasteiger partial charge in [0.2, 0.25) is 0 Å².